The van der Waals surface area contributed by atoms with Crippen LogP contribution in [0.1, 0.15) is 5.76 Å². The van der Waals surface area contributed by atoms with Gasteiger partial charge in [-0.3, -0.25) is 9.59 Å². The average Bonchev–Trinajstić information content (AvgIpc) is 3.37. The van der Waals surface area contributed by atoms with Crippen LogP contribution in [-0.2, 0) is 20.9 Å². The lowest BCUT2D eigenvalue weighted by Crippen LogP contribution is -2.52. The number of anilines is 1. The van der Waals surface area contributed by atoms with Crippen molar-refractivity contribution in [2.75, 3.05) is 51.3 Å². The van der Waals surface area contributed by atoms with Crippen molar-refractivity contribution in [1.82, 2.24) is 20.0 Å². The number of carbonyl (C=O) groups excluding carboxylic acids is 2. The molecule has 3 aromatic rings. The van der Waals surface area contributed by atoms with Gasteiger partial charge in [0.05, 0.1) is 23.5 Å². The molecule has 0 N–H and O–H groups in total. The molecule has 3 heterocycles. The van der Waals surface area contributed by atoms with Crippen molar-refractivity contribution in [3.05, 3.63) is 65.6 Å². The number of carbonyl (C=O) groups is 2. The largest absolute Gasteiger partial charge is 0.467 e. The summed E-state index contributed by atoms with van der Waals surface area (Å²) in [6.45, 7) is 2.39. The standard InChI is InChI=1S/C24H26ClN5O4/c1-33-17-24(32)30(15-18-5-4-14-34-18)16-23(31)29-12-10-28(11-13-29)22-9-8-21(26-27-22)19-6-2-3-7-20(19)25/h2-9,14H,10-13,15-17H2,1H3. The van der Waals surface area contributed by atoms with Crippen LogP contribution in [0.2, 0.25) is 5.02 Å². The van der Waals surface area contributed by atoms with Crippen LogP contribution in [0.15, 0.2) is 59.2 Å². The molecule has 0 saturated carbocycles. The van der Waals surface area contributed by atoms with Crippen LogP contribution in [0, 0.1) is 0 Å². The van der Waals surface area contributed by atoms with Crippen molar-refractivity contribution in [3.63, 3.8) is 0 Å². The first kappa shape index (κ1) is 23.7. The van der Waals surface area contributed by atoms with Crippen LogP contribution in [0.5, 0.6) is 0 Å². The van der Waals surface area contributed by atoms with E-state index < -0.39 is 0 Å². The number of halogens is 1. The Morgan fingerprint density at radius 1 is 1.06 bits per heavy atom. The molecule has 0 spiro atoms. The zero-order valence-electron chi connectivity index (χ0n) is 18.9. The maximum Gasteiger partial charge on any atom is 0.249 e. The molecule has 1 aromatic carbocycles. The van der Waals surface area contributed by atoms with E-state index in [-0.39, 0.29) is 31.5 Å². The van der Waals surface area contributed by atoms with Gasteiger partial charge < -0.3 is 23.9 Å². The second-order valence-corrected chi connectivity index (χ2v) is 8.29. The summed E-state index contributed by atoms with van der Waals surface area (Å²) < 4.78 is 10.3. The predicted octanol–water partition coefficient (Wildman–Crippen LogP) is 2.71. The fraction of sp³-hybridized carbons (Fsp3) is 0.333. The molecule has 2 amide bonds. The fourth-order valence-electron chi connectivity index (χ4n) is 3.79. The number of piperazine rings is 1. The van der Waals surface area contributed by atoms with Crippen LogP contribution >= 0.6 is 11.6 Å². The molecular formula is C24H26ClN5O4. The Balaban J connectivity index is 1.34. The summed E-state index contributed by atoms with van der Waals surface area (Å²) in [6, 6.07) is 14.8. The number of ether oxygens (including phenoxy) is 1. The molecule has 10 heteroatoms. The summed E-state index contributed by atoms with van der Waals surface area (Å²) in [5, 5.41) is 9.32. The Bertz CT molecular complexity index is 1100. The normalized spacial score (nSPS) is 13.7. The quantitative estimate of drug-likeness (QED) is 0.486. The second kappa shape index (κ2) is 11.1. The summed E-state index contributed by atoms with van der Waals surface area (Å²) in [4.78, 5) is 30.7. The van der Waals surface area contributed by atoms with Gasteiger partial charge in [-0.25, -0.2) is 0 Å². The highest BCUT2D eigenvalue weighted by atomic mass is 35.5. The minimum absolute atomic E-state index is 0.0325. The van der Waals surface area contributed by atoms with Crippen molar-refractivity contribution < 1.29 is 18.7 Å². The van der Waals surface area contributed by atoms with E-state index in [1.165, 1.54) is 12.0 Å². The van der Waals surface area contributed by atoms with E-state index in [2.05, 4.69) is 15.1 Å². The third kappa shape index (κ3) is 5.73. The lowest BCUT2D eigenvalue weighted by molar-refractivity contribution is -0.143. The van der Waals surface area contributed by atoms with Gasteiger partial charge in [0.25, 0.3) is 0 Å². The first-order valence-electron chi connectivity index (χ1n) is 11.0. The number of benzene rings is 1. The van der Waals surface area contributed by atoms with Crippen molar-refractivity contribution in [2.45, 2.75) is 6.54 Å². The zero-order valence-corrected chi connectivity index (χ0v) is 19.6. The number of hydrogen-bond acceptors (Lipinski definition) is 7. The molecule has 0 bridgehead atoms. The molecule has 4 rings (SSSR count). The lowest BCUT2D eigenvalue weighted by Gasteiger charge is -2.36. The highest BCUT2D eigenvalue weighted by molar-refractivity contribution is 6.33. The topological polar surface area (TPSA) is 92.0 Å². The van der Waals surface area contributed by atoms with Gasteiger partial charge in [-0.2, -0.15) is 0 Å². The Hall–Kier alpha value is -3.43. The van der Waals surface area contributed by atoms with Gasteiger partial charge in [-0.05, 0) is 30.3 Å². The Morgan fingerprint density at radius 3 is 2.50 bits per heavy atom. The molecule has 0 unspecified atom stereocenters. The Morgan fingerprint density at radius 2 is 1.85 bits per heavy atom. The average molecular weight is 484 g/mol. The minimum atomic E-state index is -0.264. The molecule has 34 heavy (non-hydrogen) atoms. The van der Waals surface area contributed by atoms with Crippen LogP contribution in [0.25, 0.3) is 11.3 Å². The van der Waals surface area contributed by atoms with Crippen LogP contribution < -0.4 is 4.90 Å². The van der Waals surface area contributed by atoms with Gasteiger partial charge in [0.15, 0.2) is 5.82 Å². The van der Waals surface area contributed by atoms with Gasteiger partial charge in [0, 0.05) is 38.9 Å². The molecule has 0 atom stereocenters. The summed E-state index contributed by atoms with van der Waals surface area (Å²) >= 11 is 6.25. The third-order valence-corrected chi connectivity index (χ3v) is 5.96. The van der Waals surface area contributed by atoms with E-state index in [1.54, 1.807) is 23.3 Å². The van der Waals surface area contributed by atoms with E-state index in [4.69, 9.17) is 20.8 Å². The maximum absolute atomic E-state index is 12.9. The number of furan rings is 1. The Labute approximate surface area is 202 Å². The molecule has 2 aromatic heterocycles. The Kier molecular flexibility index (Phi) is 7.76. The molecule has 1 saturated heterocycles. The van der Waals surface area contributed by atoms with Gasteiger partial charge >= 0.3 is 0 Å². The summed E-state index contributed by atoms with van der Waals surface area (Å²) in [7, 11) is 1.45. The molecule has 1 aliphatic rings. The first-order chi connectivity index (χ1) is 16.5. The molecular weight excluding hydrogens is 458 g/mol. The van der Waals surface area contributed by atoms with Gasteiger partial charge in [-0.15, -0.1) is 10.2 Å². The summed E-state index contributed by atoms with van der Waals surface area (Å²) in [5.74, 6) is 0.981. The van der Waals surface area contributed by atoms with Crippen LogP contribution in [-0.4, -0.2) is 78.3 Å². The van der Waals surface area contributed by atoms with Gasteiger partial charge in [0.2, 0.25) is 11.8 Å². The number of aromatic nitrogens is 2. The van der Waals surface area contributed by atoms with Crippen molar-refractivity contribution in [1.29, 1.82) is 0 Å². The van der Waals surface area contributed by atoms with Crippen LogP contribution in [0.4, 0.5) is 5.82 Å². The van der Waals surface area contributed by atoms with E-state index in [0.717, 1.165) is 11.4 Å². The molecule has 1 fully saturated rings. The fourth-order valence-corrected chi connectivity index (χ4v) is 4.02. The van der Waals surface area contributed by atoms with Crippen molar-refractivity contribution >= 4 is 29.2 Å². The first-order valence-corrected chi connectivity index (χ1v) is 11.3. The number of rotatable bonds is 8. The van der Waals surface area contributed by atoms with Crippen molar-refractivity contribution in [3.8, 4) is 11.3 Å². The highest BCUT2D eigenvalue weighted by Gasteiger charge is 2.26. The smallest absolute Gasteiger partial charge is 0.249 e. The SMILES string of the molecule is COCC(=O)N(CC(=O)N1CCN(c2ccc(-c3ccccc3Cl)nn2)CC1)Cc1ccco1. The number of hydrogen-bond donors (Lipinski definition) is 0. The van der Waals surface area contributed by atoms with E-state index in [9.17, 15) is 9.59 Å². The van der Waals surface area contributed by atoms with E-state index in [1.807, 2.05) is 36.4 Å². The number of nitrogens with zero attached hydrogens (tertiary/aromatic N) is 5. The van der Waals surface area contributed by atoms with Gasteiger partial charge in [-0.1, -0.05) is 29.8 Å². The zero-order chi connectivity index (χ0) is 23.9. The summed E-state index contributed by atoms with van der Waals surface area (Å²) in [6.07, 6.45) is 1.54. The monoisotopic (exact) mass is 483 g/mol. The predicted molar refractivity (Wildman–Crippen MR) is 127 cm³/mol. The molecule has 178 valence electrons. The maximum atomic E-state index is 12.9. The molecule has 9 nitrogen and oxygen atoms in total. The molecule has 0 radical (unpaired) electrons. The van der Waals surface area contributed by atoms with Crippen LogP contribution in [0.3, 0.4) is 0 Å². The third-order valence-electron chi connectivity index (χ3n) is 5.63. The van der Waals surface area contributed by atoms with Gasteiger partial charge in [0.1, 0.15) is 18.9 Å². The highest BCUT2D eigenvalue weighted by Crippen LogP contribution is 2.26. The molecule has 1 aliphatic heterocycles. The molecule has 0 aliphatic carbocycles. The van der Waals surface area contributed by atoms with Crippen molar-refractivity contribution in [2.24, 2.45) is 0 Å². The lowest BCUT2D eigenvalue weighted by atomic mass is 10.1. The number of methoxy groups -OCH3 is 1. The number of amides is 2. The van der Waals surface area contributed by atoms with E-state index >= 15 is 0 Å². The minimum Gasteiger partial charge on any atom is -0.467 e. The van der Waals surface area contributed by atoms with E-state index in [0.29, 0.717) is 42.7 Å². The summed E-state index contributed by atoms with van der Waals surface area (Å²) in [5.41, 5.74) is 1.54. The second-order valence-electron chi connectivity index (χ2n) is 7.89.